The van der Waals surface area contributed by atoms with E-state index in [9.17, 15) is 14.4 Å². The van der Waals surface area contributed by atoms with Gasteiger partial charge < -0.3 is 4.90 Å². The number of rotatable bonds is 9. The topological polar surface area (TPSA) is 60.9 Å². The molecule has 0 unspecified atom stereocenters. The normalized spacial score (nSPS) is 14.9. The van der Waals surface area contributed by atoms with Crippen molar-refractivity contribution in [2.45, 2.75) is 39.5 Å². The summed E-state index contributed by atoms with van der Waals surface area (Å²) in [6, 6.07) is 7.45. The first-order valence-electron chi connectivity index (χ1n) is 10.2. The van der Waals surface area contributed by atoms with E-state index < -0.39 is 17.8 Å². The summed E-state index contributed by atoms with van der Waals surface area (Å²) in [5, 5.41) is 0. The minimum atomic E-state index is -0.506. The van der Waals surface area contributed by atoms with Gasteiger partial charge in [-0.3, -0.25) is 19.4 Å². The lowest BCUT2D eigenvalue weighted by molar-refractivity contribution is -0.136. The van der Waals surface area contributed by atoms with Crippen molar-refractivity contribution in [1.29, 1.82) is 0 Å². The van der Waals surface area contributed by atoms with Crippen LogP contribution in [-0.4, -0.2) is 54.8 Å². The van der Waals surface area contributed by atoms with Gasteiger partial charge >= 0.3 is 6.03 Å². The largest absolute Gasteiger partial charge is 0.378 e. The van der Waals surface area contributed by atoms with Gasteiger partial charge in [-0.15, -0.1) is 0 Å². The lowest BCUT2D eigenvalue weighted by Crippen LogP contribution is -2.56. The molecule has 0 N–H and O–H groups in total. The summed E-state index contributed by atoms with van der Waals surface area (Å²) in [7, 11) is 3.96. The Hall–Kier alpha value is -2.89. The SMILES string of the molecule is CCCCN1C(=O)C(=C/C=C/c2ccc(N(C)C)cc2)C(=O)N(CCCC)C1=O. The molecule has 1 saturated heterocycles. The zero-order valence-corrected chi connectivity index (χ0v) is 17.9. The number of urea groups is 1. The van der Waals surface area contributed by atoms with Crippen molar-refractivity contribution < 1.29 is 14.4 Å². The van der Waals surface area contributed by atoms with Crippen LogP contribution in [0, 0.1) is 0 Å². The number of carbonyl (C=O) groups excluding carboxylic acids is 3. The fourth-order valence-electron chi connectivity index (χ4n) is 3.01. The summed E-state index contributed by atoms with van der Waals surface area (Å²) in [6.07, 6.45) is 8.22. The Kier molecular flexibility index (Phi) is 8.19. The maximum Gasteiger partial charge on any atom is 0.333 e. The third kappa shape index (κ3) is 5.56. The molecule has 4 amide bonds. The monoisotopic (exact) mass is 397 g/mol. The zero-order valence-electron chi connectivity index (χ0n) is 17.9. The van der Waals surface area contributed by atoms with E-state index in [1.165, 1.54) is 15.9 Å². The van der Waals surface area contributed by atoms with E-state index in [2.05, 4.69) is 0 Å². The van der Waals surface area contributed by atoms with Crippen LogP contribution in [-0.2, 0) is 9.59 Å². The number of allylic oxidation sites excluding steroid dienone is 2. The van der Waals surface area contributed by atoms with Gasteiger partial charge in [0.2, 0.25) is 0 Å². The summed E-state index contributed by atoms with van der Waals surface area (Å²) in [4.78, 5) is 42.6. The second kappa shape index (κ2) is 10.6. The Morgan fingerprint density at radius 1 is 0.862 bits per heavy atom. The first kappa shape index (κ1) is 22.4. The Morgan fingerprint density at radius 2 is 1.38 bits per heavy atom. The highest BCUT2D eigenvalue weighted by Crippen LogP contribution is 2.20. The maximum atomic E-state index is 12.8. The molecular weight excluding hydrogens is 366 g/mol. The second-order valence-electron chi connectivity index (χ2n) is 7.33. The Balaban J connectivity index is 2.25. The van der Waals surface area contributed by atoms with Crippen LogP contribution in [0.4, 0.5) is 10.5 Å². The smallest absolute Gasteiger partial charge is 0.333 e. The lowest BCUT2D eigenvalue weighted by atomic mass is 10.1. The number of hydrogen-bond acceptors (Lipinski definition) is 4. The molecule has 1 aromatic carbocycles. The maximum absolute atomic E-state index is 12.8. The molecule has 0 atom stereocenters. The zero-order chi connectivity index (χ0) is 21.4. The molecule has 0 saturated carbocycles. The van der Waals surface area contributed by atoms with E-state index in [4.69, 9.17) is 0 Å². The molecule has 0 radical (unpaired) electrons. The molecule has 29 heavy (non-hydrogen) atoms. The third-order valence-corrected chi connectivity index (χ3v) is 4.84. The highest BCUT2D eigenvalue weighted by atomic mass is 16.2. The fraction of sp³-hybridized carbons (Fsp3) is 0.435. The number of hydrogen-bond donors (Lipinski definition) is 0. The van der Waals surface area contributed by atoms with Crippen LogP contribution in [0.15, 0.2) is 42.0 Å². The summed E-state index contributed by atoms with van der Waals surface area (Å²) in [5.41, 5.74) is 2.10. The quantitative estimate of drug-likeness (QED) is 0.465. The van der Waals surface area contributed by atoms with Gasteiger partial charge in [0.1, 0.15) is 5.57 Å². The molecular formula is C23H31N3O3. The van der Waals surface area contributed by atoms with Crippen molar-refractivity contribution in [2.24, 2.45) is 0 Å². The highest BCUT2D eigenvalue weighted by Gasteiger charge is 2.40. The number of benzene rings is 1. The minimum absolute atomic E-state index is 0.0398. The van der Waals surface area contributed by atoms with Crippen molar-refractivity contribution in [3.8, 4) is 0 Å². The van der Waals surface area contributed by atoms with Gasteiger partial charge in [-0.05, 0) is 36.6 Å². The summed E-state index contributed by atoms with van der Waals surface area (Å²) in [5.74, 6) is -1.01. The van der Waals surface area contributed by atoms with E-state index in [1.807, 2.05) is 63.2 Å². The third-order valence-electron chi connectivity index (χ3n) is 4.84. The Bertz CT molecular complexity index is 762. The minimum Gasteiger partial charge on any atom is -0.378 e. The molecule has 0 aromatic heterocycles. The van der Waals surface area contributed by atoms with Gasteiger partial charge in [0, 0.05) is 32.9 Å². The highest BCUT2D eigenvalue weighted by molar-refractivity contribution is 6.28. The van der Waals surface area contributed by atoms with Crippen LogP contribution in [0.1, 0.15) is 45.1 Å². The number of barbiturate groups is 1. The number of carbonyl (C=O) groups is 3. The first-order chi connectivity index (χ1) is 13.9. The van der Waals surface area contributed by atoms with E-state index in [1.54, 1.807) is 6.08 Å². The van der Waals surface area contributed by atoms with E-state index in [-0.39, 0.29) is 5.57 Å². The van der Waals surface area contributed by atoms with Crippen LogP contribution in [0.2, 0.25) is 0 Å². The average molecular weight is 398 g/mol. The first-order valence-corrected chi connectivity index (χ1v) is 10.2. The van der Waals surface area contributed by atoms with Crippen molar-refractivity contribution in [3.63, 3.8) is 0 Å². The molecule has 156 valence electrons. The van der Waals surface area contributed by atoms with E-state index in [0.29, 0.717) is 25.9 Å². The van der Waals surface area contributed by atoms with Gasteiger partial charge in [-0.25, -0.2) is 4.79 Å². The summed E-state index contributed by atoms with van der Waals surface area (Å²) >= 11 is 0. The van der Waals surface area contributed by atoms with Crippen LogP contribution < -0.4 is 4.90 Å². The standard InChI is InChI=1S/C23H31N3O3/c1-5-7-16-25-21(27)20(22(28)26(23(25)29)17-8-6-2)11-9-10-18-12-14-19(15-13-18)24(3)4/h9-15H,5-8,16-17H2,1-4H3/b10-9+. The van der Waals surface area contributed by atoms with Crippen molar-refractivity contribution in [1.82, 2.24) is 9.80 Å². The molecule has 2 rings (SSSR count). The molecule has 0 spiro atoms. The van der Waals surface area contributed by atoms with Crippen molar-refractivity contribution >= 4 is 29.6 Å². The van der Waals surface area contributed by atoms with Crippen LogP contribution >= 0.6 is 0 Å². The number of anilines is 1. The van der Waals surface area contributed by atoms with Gasteiger partial charge in [-0.2, -0.15) is 0 Å². The molecule has 1 heterocycles. The molecule has 1 fully saturated rings. The summed E-state index contributed by atoms with van der Waals surface area (Å²) < 4.78 is 0. The molecule has 6 nitrogen and oxygen atoms in total. The molecule has 0 bridgehead atoms. The molecule has 1 aliphatic rings. The molecule has 0 aliphatic carbocycles. The second-order valence-corrected chi connectivity index (χ2v) is 7.33. The predicted octanol–water partition coefficient (Wildman–Crippen LogP) is 4.08. The van der Waals surface area contributed by atoms with Gasteiger partial charge in [0.25, 0.3) is 11.8 Å². The Labute approximate surface area is 173 Å². The molecule has 1 aromatic rings. The van der Waals surface area contributed by atoms with Crippen LogP contribution in [0.25, 0.3) is 6.08 Å². The number of nitrogens with zero attached hydrogens (tertiary/aromatic N) is 3. The molecule has 1 aliphatic heterocycles. The predicted molar refractivity (Wildman–Crippen MR) is 117 cm³/mol. The van der Waals surface area contributed by atoms with Gasteiger partial charge in [0.15, 0.2) is 0 Å². The van der Waals surface area contributed by atoms with E-state index in [0.717, 1.165) is 24.1 Å². The fourth-order valence-corrected chi connectivity index (χ4v) is 3.01. The number of amides is 4. The van der Waals surface area contributed by atoms with Crippen molar-refractivity contribution in [3.05, 3.63) is 47.6 Å². The van der Waals surface area contributed by atoms with Crippen LogP contribution in [0.3, 0.4) is 0 Å². The Morgan fingerprint density at radius 3 is 1.83 bits per heavy atom. The summed E-state index contributed by atoms with van der Waals surface area (Å²) in [6.45, 7) is 4.66. The van der Waals surface area contributed by atoms with E-state index >= 15 is 0 Å². The van der Waals surface area contributed by atoms with Gasteiger partial charge in [0.05, 0.1) is 0 Å². The number of imide groups is 2. The molecule has 6 heteroatoms. The average Bonchev–Trinajstić information content (AvgIpc) is 2.71. The van der Waals surface area contributed by atoms with Crippen LogP contribution in [0.5, 0.6) is 0 Å². The van der Waals surface area contributed by atoms with Crippen molar-refractivity contribution in [2.75, 3.05) is 32.1 Å². The number of unbranched alkanes of at least 4 members (excludes halogenated alkanes) is 2. The lowest BCUT2D eigenvalue weighted by Gasteiger charge is -2.33. The van der Waals surface area contributed by atoms with Gasteiger partial charge in [-0.1, -0.05) is 51.0 Å².